The Morgan fingerprint density at radius 2 is 1.31 bits per heavy atom. The van der Waals surface area contributed by atoms with Crippen LogP contribution in [0.5, 0.6) is 0 Å². The standard InChI is InChI=1S/C18H11F13N2OS/c1-7-3-4-9(8(2)5-7)10-6-35-12(32-10)33-11(34)13(19,20)14(21,22)15(23,24)16(25,26)17(27,28)18(29,30)31/h3-6H,1-2H3,(H,32,33,34). The van der Waals surface area contributed by atoms with Gasteiger partial charge in [-0.15, -0.1) is 11.3 Å². The maximum Gasteiger partial charge on any atom is 0.460 e. The summed E-state index contributed by atoms with van der Waals surface area (Å²) in [6.45, 7) is 3.31. The van der Waals surface area contributed by atoms with Crippen LogP contribution in [0.2, 0.25) is 0 Å². The van der Waals surface area contributed by atoms with Gasteiger partial charge in [0.1, 0.15) is 0 Å². The molecule has 0 aliphatic rings. The number of rotatable bonds is 7. The molecule has 0 radical (unpaired) electrons. The van der Waals surface area contributed by atoms with Crippen molar-refractivity contribution in [3.05, 3.63) is 34.7 Å². The van der Waals surface area contributed by atoms with Gasteiger partial charge in [-0.2, -0.15) is 57.1 Å². The van der Waals surface area contributed by atoms with Crippen LogP contribution in [-0.4, -0.2) is 46.7 Å². The van der Waals surface area contributed by atoms with Crippen LogP contribution in [0, 0.1) is 13.8 Å². The second kappa shape index (κ2) is 8.51. The van der Waals surface area contributed by atoms with E-state index in [1.807, 2.05) is 0 Å². The molecule has 1 aromatic heterocycles. The summed E-state index contributed by atoms with van der Waals surface area (Å²) >= 11 is 0.307. The Labute approximate surface area is 190 Å². The summed E-state index contributed by atoms with van der Waals surface area (Å²) in [5.74, 6) is -42.0. The van der Waals surface area contributed by atoms with Gasteiger partial charge in [0.15, 0.2) is 5.13 Å². The lowest BCUT2D eigenvalue weighted by atomic mass is 9.93. The Morgan fingerprint density at radius 3 is 1.80 bits per heavy atom. The minimum atomic E-state index is -8.08. The fourth-order valence-corrected chi connectivity index (χ4v) is 3.35. The number of nitrogens with zero attached hydrogens (tertiary/aromatic N) is 1. The minimum absolute atomic E-state index is 0.0143. The van der Waals surface area contributed by atoms with Gasteiger partial charge in [0.2, 0.25) is 0 Å². The molecule has 3 nitrogen and oxygen atoms in total. The number of nitrogens with one attached hydrogen (secondary N) is 1. The number of aromatic nitrogens is 1. The van der Waals surface area contributed by atoms with E-state index in [1.54, 1.807) is 26.0 Å². The minimum Gasteiger partial charge on any atom is -0.296 e. The van der Waals surface area contributed by atoms with Crippen molar-refractivity contribution in [2.45, 2.75) is 49.6 Å². The zero-order chi connectivity index (χ0) is 27.4. The van der Waals surface area contributed by atoms with Gasteiger partial charge < -0.3 is 0 Å². The van der Waals surface area contributed by atoms with Crippen molar-refractivity contribution in [1.82, 2.24) is 4.98 Å². The fraction of sp³-hybridized carbons (Fsp3) is 0.444. The number of benzene rings is 1. The molecular weight excluding hydrogens is 539 g/mol. The van der Waals surface area contributed by atoms with E-state index in [2.05, 4.69) is 4.98 Å². The summed E-state index contributed by atoms with van der Waals surface area (Å²) in [5.41, 5.74) is 1.73. The lowest BCUT2D eigenvalue weighted by Gasteiger charge is -2.39. The van der Waals surface area contributed by atoms with Gasteiger partial charge in [-0.1, -0.05) is 23.8 Å². The third kappa shape index (κ3) is 4.42. The number of hydrogen-bond donors (Lipinski definition) is 1. The highest BCUT2D eigenvalue weighted by atomic mass is 32.1. The first kappa shape index (κ1) is 28.6. The smallest absolute Gasteiger partial charge is 0.296 e. The first-order valence-electron chi connectivity index (χ1n) is 8.82. The molecule has 1 heterocycles. The summed E-state index contributed by atoms with van der Waals surface area (Å²) in [5, 5.41) is 1.14. The molecule has 0 fully saturated rings. The summed E-state index contributed by atoms with van der Waals surface area (Å²) in [7, 11) is 0. The van der Waals surface area contributed by atoms with E-state index in [0.717, 1.165) is 16.3 Å². The van der Waals surface area contributed by atoms with Crippen LogP contribution in [0.3, 0.4) is 0 Å². The second-order valence-electron chi connectivity index (χ2n) is 7.18. The normalized spacial score (nSPS) is 14.3. The molecule has 0 saturated carbocycles. The number of aryl methyl sites for hydroxylation is 2. The van der Waals surface area contributed by atoms with Crippen molar-refractivity contribution in [3.8, 4) is 11.3 Å². The van der Waals surface area contributed by atoms with Crippen LogP contribution in [0.15, 0.2) is 23.6 Å². The molecule has 1 N–H and O–H groups in total. The third-order valence-corrected chi connectivity index (χ3v) is 5.36. The van der Waals surface area contributed by atoms with E-state index in [-0.39, 0.29) is 5.69 Å². The monoisotopic (exact) mass is 550 g/mol. The van der Waals surface area contributed by atoms with Crippen LogP contribution in [0.4, 0.5) is 62.2 Å². The average Bonchev–Trinajstić information content (AvgIpc) is 3.14. The van der Waals surface area contributed by atoms with Gasteiger partial charge >= 0.3 is 41.7 Å². The van der Waals surface area contributed by atoms with E-state index in [4.69, 9.17) is 0 Å². The predicted octanol–water partition coefficient (Wildman–Crippen LogP) is 7.10. The molecule has 0 saturated heterocycles. The number of thiazole rings is 1. The molecule has 35 heavy (non-hydrogen) atoms. The molecule has 0 spiro atoms. The maximum absolute atomic E-state index is 13.9. The number of alkyl halides is 13. The molecule has 2 aromatic rings. The zero-order valence-corrected chi connectivity index (χ0v) is 17.8. The number of hydrogen-bond acceptors (Lipinski definition) is 3. The van der Waals surface area contributed by atoms with Gasteiger partial charge in [0.25, 0.3) is 0 Å². The van der Waals surface area contributed by atoms with Crippen molar-refractivity contribution < 1.29 is 61.9 Å². The van der Waals surface area contributed by atoms with Crippen LogP contribution in [0.1, 0.15) is 11.1 Å². The number of anilines is 1. The Hall–Kier alpha value is -2.59. The lowest BCUT2D eigenvalue weighted by molar-refractivity contribution is -0.435. The second-order valence-corrected chi connectivity index (χ2v) is 8.04. The van der Waals surface area contributed by atoms with Crippen LogP contribution in [0.25, 0.3) is 11.3 Å². The molecule has 0 aliphatic carbocycles. The summed E-state index contributed by atoms with van der Waals surface area (Å²) in [4.78, 5) is 15.2. The van der Waals surface area contributed by atoms with Gasteiger partial charge in [0.05, 0.1) is 5.69 Å². The van der Waals surface area contributed by atoms with Gasteiger partial charge in [-0.25, -0.2) is 4.98 Å². The number of carbonyl (C=O) groups excluding carboxylic acids is 1. The number of halogens is 13. The van der Waals surface area contributed by atoms with Crippen molar-refractivity contribution in [3.63, 3.8) is 0 Å². The zero-order valence-electron chi connectivity index (χ0n) is 17.0. The van der Waals surface area contributed by atoms with Gasteiger partial charge in [-0.05, 0) is 19.4 Å². The maximum atomic E-state index is 13.9. The SMILES string of the molecule is Cc1ccc(-c2csc(NC(=O)C(F)(F)C(F)(F)C(F)(F)C(F)(F)C(F)(F)C(F)(F)F)n2)c(C)c1. The topological polar surface area (TPSA) is 42.0 Å². The Bertz CT molecular complexity index is 1110. The molecule has 1 aromatic carbocycles. The van der Waals surface area contributed by atoms with Crippen LogP contribution >= 0.6 is 11.3 Å². The highest BCUT2D eigenvalue weighted by Crippen LogP contribution is 2.60. The van der Waals surface area contributed by atoms with Crippen LogP contribution < -0.4 is 5.32 Å². The van der Waals surface area contributed by atoms with E-state index in [9.17, 15) is 61.9 Å². The molecular formula is C18H11F13N2OS. The first-order chi connectivity index (χ1) is 15.5. The van der Waals surface area contributed by atoms with Crippen molar-refractivity contribution in [2.75, 3.05) is 5.32 Å². The van der Waals surface area contributed by atoms with Gasteiger partial charge in [-0.3, -0.25) is 10.1 Å². The Morgan fingerprint density at radius 1 is 0.800 bits per heavy atom. The van der Waals surface area contributed by atoms with E-state index >= 15 is 0 Å². The van der Waals surface area contributed by atoms with Gasteiger partial charge in [0, 0.05) is 10.9 Å². The molecule has 0 bridgehead atoms. The van der Waals surface area contributed by atoms with Crippen molar-refractivity contribution >= 4 is 22.4 Å². The van der Waals surface area contributed by atoms with E-state index < -0.39 is 46.8 Å². The molecule has 0 unspecified atom stereocenters. The average molecular weight is 550 g/mol. The lowest BCUT2D eigenvalue weighted by Crippen LogP contribution is -2.71. The number of amides is 1. The molecule has 1 amide bonds. The molecule has 0 atom stereocenters. The highest BCUT2D eigenvalue weighted by Gasteiger charge is 2.91. The van der Waals surface area contributed by atoms with Crippen molar-refractivity contribution in [1.29, 1.82) is 0 Å². The molecule has 2 rings (SSSR count). The van der Waals surface area contributed by atoms with Crippen molar-refractivity contribution in [2.24, 2.45) is 0 Å². The predicted molar refractivity (Wildman–Crippen MR) is 96.4 cm³/mol. The summed E-state index contributed by atoms with van der Waals surface area (Å²) in [6, 6.07) is 4.74. The molecule has 196 valence electrons. The largest absolute Gasteiger partial charge is 0.460 e. The molecule has 17 heteroatoms. The third-order valence-electron chi connectivity index (χ3n) is 4.60. The Kier molecular flexibility index (Phi) is 6.97. The quantitative estimate of drug-likeness (QED) is 0.374. The fourth-order valence-electron chi connectivity index (χ4n) is 2.64. The highest BCUT2D eigenvalue weighted by molar-refractivity contribution is 7.14. The summed E-state index contributed by atoms with van der Waals surface area (Å²) < 4.78 is 171. The molecule has 0 aliphatic heterocycles. The van der Waals surface area contributed by atoms with E-state index in [1.165, 1.54) is 6.07 Å². The first-order valence-corrected chi connectivity index (χ1v) is 9.70. The number of carbonyl (C=O) groups is 1. The summed E-state index contributed by atoms with van der Waals surface area (Å²) in [6.07, 6.45) is -7.53. The van der Waals surface area contributed by atoms with Crippen LogP contribution in [-0.2, 0) is 4.79 Å². The Balaban J connectivity index is 2.38. The van der Waals surface area contributed by atoms with E-state index in [0.29, 0.717) is 22.5 Å².